The summed E-state index contributed by atoms with van der Waals surface area (Å²) in [7, 11) is 1.82. The first-order chi connectivity index (χ1) is 6.24. The third kappa shape index (κ3) is 3.10. The zero-order valence-electron chi connectivity index (χ0n) is 8.11. The van der Waals surface area contributed by atoms with Crippen molar-refractivity contribution in [1.29, 1.82) is 0 Å². The van der Waals surface area contributed by atoms with Crippen LogP contribution in [0.1, 0.15) is 12.8 Å². The highest BCUT2D eigenvalue weighted by molar-refractivity contribution is 5.76. The van der Waals surface area contributed by atoms with Crippen LogP contribution in [0.3, 0.4) is 0 Å². The van der Waals surface area contributed by atoms with Gasteiger partial charge in [0.15, 0.2) is 0 Å². The lowest BCUT2D eigenvalue weighted by Gasteiger charge is -2.21. The third-order valence-corrected chi connectivity index (χ3v) is 2.44. The zero-order chi connectivity index (χ0) is 9.68. The van der Waals surface area contributed by atoms with E-state index >= 15 is 0 Å². The van der Waals surface area contributed by atoms with Gasteiger partial charge < -0.3 is 20.7 Å². The van der Waals surface area contributed by atoms with Crippen LogP contribution >= 0.6 is 0 Å². The first-order valence-corrected chi connectivity index (χ1v) is 4.65. The van der Waals surface area contributed by atoms with E-state index < -0.39 is 0 Å². The lowest BCUT2D eigenvalue weighted by atomic mass is 10.4. The molecule has 5 nitrogen and oxygen atoms in total. The number of rotatable bonds is 3. The number of hydrogen-bond donors (Lipinski definition) is 2. The molecule has 1 rings (SSSR count). The van der Waals surface area contributed by atoms with Gasteiger partial charge in [0.25, 0.3) is 0 Å². The molecule has 0 aromatic heterocycles. The summed E-state index contributed by atoms with van der Waals surface area (Å²) in [6.45, 7) is 4.18. The number of nitrogens with zero attached hydrogens (tertiary/aromatic N) is 3. The van der Waals surface area contributed by atoms with Crippen LogP contribution in [0.2, 0.25) is 0 Å². The Morgan fingerprint density at radius 2 is 2.15 bits per heavy atom. The Kier molecular flexibility index (Phi) is 3.82. The average molecular weight is 186 g/mol. The number of guanidine groups is 1. The Hall–Kier alpha value is -0.970. The summed E-state index contributed by atoms with van der Waals surface area (Å²) in [5, 5.41) is 11.3. The van der Waals surface area contributed by atoms with E-state index in [2.05, 4.69) is 10.1 Å². The van der Waals surface area contributed by atoms with Gasteiger partial charge in [0.1, 0.15) is 0 Å². The fourth-order valence-electron chi connectivity index (χ4n) is 1.49. The van der Waals surface area contributed by atoms with Crippen LogP contribution < -0.4 is 5.73 Å². The SMILES string of the molecule is CN(CCN1CCCC1)C(N)=NO. The second-order valence-electron chi connectivity index (χ2n) is 3.43. The smallest absolute Gasteiger partial charge is 0.233 e. The fourth-order valence-corrected chi connectivity index (χ4v) is 1.49. The Bertz CT molecular complexity index is 177. The van der Waals surface area contributed by atoms with Gasteiger partial charge in [-0.3, -0.25) is 0 Å². The minimum atomic E-state index is 0.180. The molecule has 13 heavy (non-hydrogen) atoms. The quantitative estimate of drug-likeness (QED) is 0.275. The van der Waals surface area contributed by atoms with Crippen LogP contribution in [0, 0.1) is 0 Å². The molecule has 0 amide bonds. The Morgan fingerprint density at radius 1 is 1.54 bits per heavy atom. The van der Waals surface area contributed by atoms with Crippen molar-refractivity contribution in [2.75, 3.05) is 33.2 Å². The van der Waals surface area contributed by atoms with Crippen molar-refractivity contribution in [2.45, 2.75) is 12.8 Å². The topological polar surface area (TPSA) is 65.1 Å². The van der Waals surface area contributed by atoms with Crippen molar-refractivity contribution in [3.8, 4) is 0 Å². The molecule has 5 heteroatoms. The van der Waals surface area contributed by atoms with Crippen LogP contribution in [0.15, 0.2) is 5.16 Å². The van der Waals surface area contributed by atoms with Crippen molar-refractivity contribution in [3.63, 3.8) is 0 Å². The average Bonchev–Trinajstić information content (AvgIpc) is 2.65. The van der Waals surface area contributed by atoms with E-state index in [9.17, 15) is 0 Å². The highest BCUT2D eigenvalue weighted by atomic mass is 16.4. The molecule has 0 aliphatic carbocycles. The van der Waals surface area contributed by atoms with E-state index in [0.717, 1.165) is 13.1 Å². The summed E-state index contributed by atoms with van der Waals surface area (Å²) < 4.78 is 0. The lowest BCUT2D eigenvalue weighted by Crippen LogP contribution is -2.39. The van der Waals surface area contributed by atoms with Gasteiger partial charge in [0.05, 0.1) is 0 Å². The maximum absolute atomic E-state index is 8.40. The van der Waals surface area contributed by atoms with Crippen LogP contribution in [0.25, 0.3) is 0 Å². The highest BCUT2D eigenvalue weighted by Gasteiger charge is 2.12. The van der Waals surface area contributed by atoms with Crippen molar-refractivity contribution in [2.24, 2.45) is 10.9 Å². The molecule has 1 heterocycles. The number of nitrogens with two attached hydrogens (primary N) is 1. The Morgan fingerprint density at radius 3 is 2.69 bits per heavy atom. The molecule has 1 fully saturated rings. The molecule has 0 saturated carbocycles. The predicted octanol–water partition coefficient (Wildman–Crippen LogP) is -0.282. The lowest BCUT2D eigenvalue weighted by molar-refractivity contribution is 0.284. The summed E-state index contributed by atoms with van der Waals surface area (Å²) in [6.07, 6.45) is 2.60. The zero-order valence-corrected chi connectivity index (χ0v) is 8.11. The van der Waals surface area contributed by atoms with E-state index in [1.54, 1.807) is 4.90 Å². The molecular weight excluding hydrogens is 168 g/mol. The van der Waals surface area contributed by atoms with Crippen LogP contribution in [0.4, 0.5) is 0 Å². The Labute approximate surface area is 78.8 Å². The molecule has 0 aromatic carbocycles. The molecule has 0 radical (unpaired) electrons. The summed E-state index contributed by atoms with van der Waals surface area (Å²) in [6, 6.07) is 0. The minimum absolute atomic E-state index is 0.180. The highest BCUT2D eigenvalue weighted by Crippen LogP contribution is 2.06. The normalized spacial score (nSPS) is 19.3. The number of likely N-dealkylation sites (N-methyl/N-ethyl adjacent to an activating group) is 1. The molecule has 0 unspecified atom stereocenters. The molecule has 1 aliphatic heterocycles. The number of oxime groups is 1. The van der Waals surface area contributed by atoms with Crippen LogP contribution in [0.5, 0.6) is 0 Å². The van der Waals surface area contributed by atoms with Crippen LogP contribution in [-0.2, 0) is 0 Å². The minimum Gasteiger partial charge on any atom is -0.408 e. The van der Waals surface area contributed by atoms with Gasteiger partial charge in [-0.1, -0.05) is 5.16 Å². The second-order valence-corrected chi connectivity index (χ2v) is 3.43. The molecule has 0 spiro atoms. The molecule has 0 bridgehead atoms. The third-order valence-electron chi connectivity index (χ3n) is 2.44. The molecule has 1 saturated heterocycles. The summed E-state index contributed by atoms with van der Waals surface area (Å²) in [4.78, 5) is 4.14. The molecule has 0 aromatic rings. The maximum Gasteiger partial charge on any atom is 0.233 e. The number of hydrogen-bond acceptors (Lipinski definition) is 3. The standard InChI is InChI=1S/C8H18N4O/c1-11(8(9)10-13)6-7-12-4-2-3-5-12/h13H,2-7H2,1H3,(H2,9,10). The largest absolute Gasteiger partial charge is 0.408 e. The summed E-state index contributed by atoms with van der Waals surface area (Å²) in [5.41, 5.74) is 5.41. The van der Waals surface area contributed by atoms with Gasteiger partial charge in [0.2, 0.25) is 5.96 Å². The first-order valence-electron chi connectivity index (χ1n) is 4.65. The van der Waals surface area contributed by atoms with E-state index in [-0.39, 0.29) is 5.96 Å². The molecule has 3 N–H and O–H groups in total. The van der Waals surface area contributed by atoms with Crippen molar-refractivity contribution < 1.29 is 5.21 Å². The second kappa shape index (κ2) is 4.91. The van der Waals surface area contributed by atoms with Gasteiger partial charge in [-0.2, -0.15) is 0 Å². The van der Waals surface area contributed by atoms with E-state index in [4.69, 9.17) is 10.9 Å². The van der Waals surface area contributed by atoms with Crippen molar-refractivity contribution >= 4 is 5.96 Å². The van der Waals surface area contributed by atoms with Gasteiger partial charge in [-0.15, -0.1) is 0 Å². The summed E-state index contributed by atoms with van der Waals surface area (Å²) in [5.74, 6) is 0.180. The van der Waals surface area contributed by atoms with Crippen LogP contribution in [-0.4, -0.2) is 54.2 Å². The number of likely N-dealkylation sites (tertiary alicyclic amines) is 1. The molecule has 0 atom stereocenters. The van der Waals surface area contributed by atoms with Gasteiger partial charge in [0, 0.05) is 20.1 Å². The van der Waals surface area contributed by atoms with E-state index in [1.165, 1.54) is 25.9 Å². The van der Waals surface area contributed by atoms with E-state index in [0.29, 0.717) is 0 Å². The monoisotopic (exact) mass is 186 g/mol. The molecule has 1 aliphatic rings. The first kappa shape index (κ1) is 10.1. The molecular formula is C8H18N4O. The Balaban J connectivity index is 2.17. The fraction of sp³-hybridized carbons (Fsp3) is 0.875. The maximum atomic E-state index is 8.40. The molecule has 76 valence electrons. The van der Waals surface area contributed by atoms with Gasteiger partial charge in [-0.05, 0) is 25.9 Å². The summed E-state index contributed by atoms with van der Waals surface area (Å²) >= 11 is 0. The van der Waals surface area contributed by atoms with Gasteiger partial charge in [-0.25, -0.2) is 0 Å². The van der Waals surface area contributed by atoms with Gasteiger partial charge >= 0.3 is 0 Å². The van der Waals surface area contributed by atoms with Crippen molar-refractivity contribution in [1.82, 2.24) is 9.80 Å². The van der Waals surface area contributed by atoms with E-state index in [1.807, 2.05) is 7.05 Å². The van der Waals surface area contributed by atoms with Crippen molar-refractivity contribution in [3.05, 3.63) is 0 Å². The predicted molar refractivity (Wildman–Crippen MR) is 51.7 cm³/mol.